The van der Waals surface area contributed by atoms with Crippen LogP contribution in [0.15, 0.2) is 35.2 Å². The van der Waals surface area contributed by atoms with Gasteiger partial charge in [0, 0.05) is 7.05 Å². The second-order valence-corrected chi connectivity index (χ2v) is 6.74. The number of sulfonamides is 1. The van der Waals surface area contributed by atoms with Gasteiger partial charge < -0.3 is 4.74 Å². The highest BCUT2D eigenvalue weighted by atomic mass is 32.2. The van der Waals surface area contributed by atoms with Gasteiger partial charge in [0.15, 0.2) is 0 Å². The molecule has 0 radical (unpaired) electrons. The van der Waals surface area contributed by atoms with Crippen LogP contribution in [0.4, 0.5) is 4.79 Å². The first-order valence-corrected chi connectivity index (χ1v) is 6.85. The standard InChI is InChI=1S/C12H17NO4S/c1-12(2,3)17-11(14)13(4)18(15,16)10-8-6-5-7-9-10/h5-9H,1-4H3. The molecule has 1 aromatic rings. The van der Waals surface area contributed by atoms with Gasteiger partial charge in [-0.05, 0) is 32.9 Å². The molecule has 1 rings (SSSR count). The van der Waals surface area contributed by atoms with Crippen molar-refractivity contribution >= 4 is 16.1 Å². The molecule has 0 aliphatic rings. The Morgan fingerprint density at radius 1 is 1.17 bits per heavy atom. The third-order valence-electron chi connectivity index (χ3n) is 2.05. The van der Waals surface area contributed by atoms with Gasteiger partial charge in [-0.3, -0.25) is 0 Å². The second-order valence-electron chi connectivity index (χ2n) is 4.77. The van der Waals surface area contributed by atoms with Crippen LogP contribution in [0.25, 0.3) is 0 Å². The Labute approximate surface area is 107 Å². The molecule has 18 heavy (non-hydrogen) atoms. The molecule has 0 spiro atoms. The average molecular weight is 271 g/mol. The van der Waals surface area contributed by atoms with Gasteiger partial charge in [0.05, 0.1) is 4.90 Å². The Hall–Kier alpha value is -1.56. The van der Waals surface area contributed by atoms with Gasteiger partial charge in [0.1, 0.15) is 5.60 Å². The lowest BCUT2D eigenvalue weighted by Crippen LogP contribution is -2.38. The molecule has 0 aromatic heterocycles. The van der Waals surface area contributed by atoms with Gasteiger partial charge in [0.2, 0.25) is 0 Å². The van der Waals surface area contributed by atoms with E-state index in [-0.39, 0.29) is 4.90 Å². The molecule has 0 bridgehead atoms. The van der Waals surface area contributed by atoms with Crippen LogP contribution < -0.4 is 0 Å². The molecule has 0 fully saturated rings. The lowest BCUT2D eigenvalue weighted by molar-refractivity contribution is 0.0420. The summed E-state index contributed by atoms with van der Waals surface area (Å²) in [7, 11) is -2.67. The Kier molecular flexibility index (Phi) is 4.01. The maximum Gasteiger partial charge on any atom is 0.424 e. The molecule has 5 nitrogen and oxygen atoms in total. The van der Waals surface area contributed by atoms with Gasteiger partial charge in [0.25, 0.3) is 10.0 Å². The van der Waals surface area contributed by atoms with Crippen LogP contribution in [-0.2, 0) is 14.8 Å². The van der Waals surface area contributed by atoms with Crippen molar-refractivity contribution < 1.29 is 17.9 Å². The first kappa shape index (κ1) is 14.5. The zero-order valence-electron chi connectivity index (χ0n) is 10.9. The number of amides is 1. The van der Waals surface area contributed by atoms with E-state index in [1.54, 1.807) is 39.0 Å². The molecule has 0 atom stereocenters. The summed E-state index contributed by atoms with van der Waals surface area (Å²) in [6.07, 6.45) is -0.897. The smallest absolute Gasteiger partial charge is 0.424 e. The number of nitrogens with zero attached hydrogens (tertiary/aromatic N) is 1. The molecular weight excluding hydrogens is 254 g/mol. The third-order valence-corrected chi connectivity index (χ3v) is 3.79. The van der Waals surface area contributed by atoms with Crippen molar-refractivity contribution in [1.82, 2.24) is 4.31 Å². The molecule has 100 valence electrons. The summed E-state index contributed by atoms with van der Waals surface area (Å²) in [5.74, 6) is 0. The van der Waals surface area contributed by atoms with Crippen LogP contribution in [-0.4, -0.2) is 31.5 Å². The van der Waals surface area contributed by atoms with E-state index in [9.17, 15) is 13.2 Å². The Balaban J connectivity index is 2.97. The van der Waals surface area contributed by atoms with Gasteiger partial charge in [-0.25, -0.2) is 17.5 Å². The zero-order chi connectivity index (χ0) is 14.0. The van der Waals surface area contributed by atoms with E-state index in [1.165, 1.54) is 19.2 Å². The first-order valence-electron chi connectivity index (χ1n) is 5.41. The third kappa shape index (κ3) is 3.46. The fourth-order valence-corrected chi connectivity index (χ4v) is 2.23. The highest BCUT2D eigenvalue weighted by molar-refractivity contribution is 7.89. The molecule has 0 aliphatic heterocycles. The van der Waals surface area contributed by atoms with Crippen LogP contribution in [0.1, 0.15) is 20.8 Å². The maximum absolute atomic E-state index is 12.1. The monoisotopic (exact) mass is 271 g/mol. The van der Waals surface area contributed by atoms with Gasteiger partial charge in [-0.15, -0.1) is 0 Å². The average Bonchev–Trinajstić information content (AvgIpc) is 2.27. The van der Waals surface area contributed by atoms with Crippen LogP contribution >= 0.6 is 0 Å². The fraction of sp³-hybridized carbons (Fsp3) is 0.417. The van der Waals surface area contributed by atoms with Crippen LogP contribution in [0, 0.1) is 0 Å². The summed E-state index contributed by atoms with van der Waals surface area (Å²) in [5.41, 5.74) is -0.739. The number of rotatable bonds is 2. The van der Waals surface area contributed by atoms with Gasteiger partial charge in [-0.1, -0.05) is 18.2 Å². The normalized spacial score (nSPS) is 12.0. The fourth-order valence-electron chi connectivity index (χ4n) is 1.17. The summed E-state index contributed by atoms with van der Waals surface area (Å²) in [4.78, 5) is 11.8. The second kappa shape index (κ2) is 4.97. The summed E-state index contributed by atoms with van der Waals surface area (Å²) in [5, 5.41) is 0. The Morgan fingerprint density at radius 3 is 2.11 bits per heavy atom. The molecule has 6 heteroatoms. The van der Waals surface area contributed by atoms with Gasteiger partial charge in [-0.2, -0.15) is 0 Å². The molecule has 0 unspecified atom stereocenters. The lowest BCUT2D eigenvalue weighted by Gasteiger charge is -2.24. The topological polar surface area (TPSA) is 63.7 Å². The van der Waals surface area contributed by atoms with Crippen molar-refractivity contribution in [1.29, 1.82) is 0 Å². The number of hydrogen-bond donors (Lipinski definition) is 0. The Bertz CT molecular complexity index is 517. The highest BCUT2D eigenvalue weighted by Gasteiger charge is 2.29. The minimum Gasteiger partial charge on any atom is -0.443 e. The number of benzene rings is 1. The number of hydrogen-bond acceptors (Lipinski definition) is 4. The molecule has 0 saturated carbocycles. The SMILES string of the molecule is CN(C(=O)OC(C)(C)C)S(=O)(=O)c1ccccc1. The predicted octanol–water partition coefficient (Wildman–Crippen LogP) is 2.24. The van der Waals surface area contributed by atoms with Crippen molar-refractivity contribution in [3.05, 3.63) is 30.3 Å². The van der Waals surface area contributed by atoms with Crippen LogP contribution in [0.3, 0.4) is 0 Å². The van der Waals surface area contributed by atoms with E-state index in [0.717, 1.165) is 0 Å². The van der Waals surface area contributed by atoms with Gasteiger partial charge >= 0.3 is 6.09 Å². The van der Waals surface area contributed by atoms with E-state index in [2.05, 4.69) is 0 Å². The molecule has 1 amide bonds. The van der Waals surface area contributed by atoms with E-state index in [0.29, 0.717) is 4.31 Å². The molecular formula is C12H17NO4S. The van der Waals surface area contributed by atoms with Crippen molar-refractivity contribution in [2.45, 2.75) is 31.3 Å². The van der Waals surface area contributed by atoms with Crippen LogP contribution in [0.2, 0.25) is 0 Å². The van der Waals surface area contributed by atoms with E-state index in [4.69, 9.17) is 4.74 Å². The molecule has 0 N–H and O–H groups in total. The molecule has 0 aliphatic carbocycles. The van der Waals surface area contributed by atoms with E-state index < -0.39 is 21.7 Å². The molecule has 1 aromatic carbocycles. The van der Waals surface area contributed by atoms with Crippen molar-refractivity contribution in [2.75, 3.05) is 7.05 Å². The quantitative estimate of drug-likeness (QED) is 0.827. The maximum atomic E-state index is 12.1. The minimum absolute atomic E-state index is 0.0540. The Morgan fingerprint density at radius 2 is 1.67 bits per heavy atom. The number of carbonyl (C=O) groups is 1. The summed E-state index contributed by atoms with van der Waals surface area (Å²) < 4.78 is 29.8. The predicted molar refractivity (Wildman–Crippen MR) is 67.6 cm³/mol. The lowest BCUT2D eigenvalue weighted by atomic mass is 10.2. The summed E-state index contributed by atoms with van der Waals surface area (Å²) >= 11 is 0. The summed E-state index contributed by atoms with van der Waals surface area (Å²) in [6, 6.07) is 7.74. The first-order chi connectivity index (χ1) is 8.14. The largest absolute Gasteiger partial charge is 0.443 e. The molecule has 0 saturated heterocycles. The zero-order valence-corrected chi connectivity index (χ0v) is 11.7. The minimum atomic E-state index is -3.85. The van der Waals surface area contributed by atoms with E-state index >= 15 is 0 Å². The molecule has 0 heterocycles. The van der Waals surface area contributed by atoms with Crippen molar-refractivity contribution in [2.24, 2.45) is 0 Å². The number of ether oxygens (including phenoxy) is 1. The highest BCUT2D eigenvalue weighted by Crippen LogP contribution is 2.17. The summed E-state index contributed by atoms with van der Waals surface area (Å²) in [6.45, 7) is 5.02. The number of carbonyl (C=O) groups excluding carboxylic acids is 1. The van der Waals surface area contributed by atoms with Crippen LogP contribution in [0.5, 0.6) is 0 Å². The van der Waals surface area contributed by atoms with Crippen molar-refractivity contribution in [3.63, 3.8) is 0 Å². The van der Waals surface area contributed by atoms with Crippen molar-refractivity contribution in [3.8, 4) is 0 Å². The van der Waals surface area contributed by atoms with E-state index in [1.807, 2.05) is 0 Å².